The number of carboxylic acids is 1. The van der Waals surface area contributed by atoms with Crippen molar-refractivity contribution in [1.82, 2.24) is 9.97 Å². The summed E-state index contributed by atoms with van der Waals surface area (Å²) in [5, 5.41) is 14.9. The highest BCUT2D eigenvalue weighted by Crippen LogP contribution is 2.40. The number of hydrogen-bond acceptors (Lipinski definition) is 6. The molecule has 0 radical (unpaired) electrons. The van der Waals surface area contributed by atoms with E-state index in [1.807, 2.05) is 37.3 Å². The van der Waals surface area contributed by atoms with Gasteiger partial charge in [0.25, 0.3) is 0 Å². The molecule has 0 bridgehead atoms. The minimum atomic E-state index is -0.903. The van der Waals surface area contributed by atoms with Gasteiger partial charge in [0.2, 0.25) is 0 Å². The maximum absolute atomic E-state index is 11.1. The number of rotatable bonds is 9. The van der Waals surface area contributed by atoms with Crippen molar-refractivity contribution in [3.8, 4) is 17.0 Å². The van der Waals surface area contributed by atoms with Crippen molar-refractivity contribution in [2.24, 2.45) is 0 Å². The maximum Gasteiger partial charge on any atom is 0.307 e. The Bertz CT molecular complexity index is 1360. The average molecular weight is 516 g/mol. The molecule has 0 unspecified atom stereocenters. The molecule has 4 aromatic rings. The van der Waals surface area contributed by atoms with Gasteiger partial charge in [-0.1, -0.05) is 35.3 Å². The quantitative estimate of drug-likeness (QED) is 0.259. The highest BCUT2D eigenvalue weighted by atomic mass is 35.5. The zero-order chi connectivity index (χ0) is 24.2. The van der Waals surface area contributed by atoms with Crippen molar-refractivity contribution in [2.45, 2.75) is 26.7 Å². The van der Waals surface area contributed by atoms with E-state index in [1.165, 1.54) is 16.8 Å². The predicted molar refractivity (Wildman–Crippen MR) is 139 cm³/mol. The van der Waals surface area contributed by atoms with Gasteiger partial charge in [0, 0.05) is 39.0 Å². The number of ether oxygens (including phenoxy) is 1. The second-order valence-electron chi connectivity index (χ2n) is 7.66. The fourth-order valence-electron chi connectivity index (χ4n) is 3.85. The molecule has 0 saturated heterocycles. The van der Waals surface area contributed by atoms with Crippen LogP contribution in [-0.2, 0) is 17.6 Å². The molecule has 0 atom stereocenters. The molecule has 0 aliphatic carbocycles. The van der Waals surface area contributed by atoms with Crippen molar-refractivity contribution in [3.05, 3.63) is 68.8 Å². The van der Waals surface area contributed by atoms with Gasteiger partial charge in [-0.3, -0.25) is 4.79 Å². The van der Waals surface area contributed by atoms with Crippen LogP contribution in [0.25, 0.3) is 21.3 Å². The highest BCUT2D eigenvalue weighted by molar-refractivity contribution is 7.20. The topological polar surface area (TPSA) is 84.3 Å². The lowest BCUT2D eigenvalue weighted by Gasteiger charge is -2.12. The van der Waals surface area contributed by atoms with Crippen LogP contribution in [0.3, 0.4) is 0 Å². The number of thiophene rings is 1. The Morgan fingerprint density at radius 3 is 2.71 bits per heavy atom. The van der Waals surface area contributed by atoms with Crippen LogP contribution in [0.15, 0.2) is 42.7 Å². The molecule has 0 amide bonds. The van der Waals surface area contributed by atoms with Crippen LogP contribution in [-0.4, -0.2) is 34.2 Å². The van der Waals surface area contributed by atoms with E-state index in [2.05, 4.69) is 22.2 Å². The van der Waals surface area contributed by atoms with Gasteiger partial charge in [-0.25, -0.2) is 9.97 Å². The molecule has 2 heterocycles. The summed E-state index contributed by atoms with van der Waals surface area (Å²) in [6.45, 7) is 5.05. The summed E-state index contributed by atoms with van der Waals surface area (Å²) in [6, 6.07) is 11.0. The summed E-state index contributed by atoms with van der Waals surface area (Å²) < 4.78 is 6.68. The first-order chi connectivity index (χ1) is 16.4. The first-order valence-electron chi connectivity index (χ1n) is 10.8. The van der Waals surface area contributed by atoms with E-state index in [0.29, 0.717) is 46.0 Å². The molecule has 0 saturated carbocycles. The van der Waals surface area contributed by atoms with Gasteiger partial charge in [-0.2, -0.15) is 0 Å². The number of carboxylic acid groups (broad SMARTS) is 1. The second kappa shape index (κ2) is 10.6. The van der Waals surface area contributed by atoms with Crippen LogP contribution in [0, 0.1) is 6.92 Å². The van der Waals surface area contributed by atoms with E-state index in [9.17, 15) is 4.79 Å². The number of aliphatic carboxylic acids is 1. The molecule has 2 aromatic carbocycles. The minimum absolute atomic E-state index is 0.0991. The zero-order valence-corrected chi connectivity index (χ0v) is 21.0. The number of benzene rings is 2. The van der Waals surface area contributed by atoms with Crippen LogP contribution in [0.1, 0.15) is 22.9 Å². The molecule has 34 heavy (non-hydrogen) atoms. The van der Waals surface area contributed by atoms with Crippen molar-refractivity contribution < 1.29 is 14.6 Å². The van der Waals surface area contributed by atoms with Crippen LogP contribution in [0.5, 0.6) is 5.75 Å². The van der Waals surface area contributed by atoms with Gasteiger partial charge in [0.05, 0.1) is 28.4 Å². The number of aryl methyl sites for hydroxylation is 1. The van der Waals surface area contributed by atoms with Crippen molar-refractivity contribution >= 4 is 56.4 Å². The number of nitrogens with one attached hydrogen (secondary N) is 1. The van der Waals surface area contributed by atoms with Gasteiger partial charge in [-0.05, 0) is 44.0 Å². The SMILES string of the molecule is CCOc1cc(-c2cc(NCCc3c(C)sc4c(Cl)ccc(Cl)c34)ncn2)ccc1CC(=O)O. The standard InChI is InChI=1S/C25H23Cl2N3O3S/c1-3-33-21-10-15(4-5-16(21)11-23(31)32)20-12-22(30-13-29-20)28-9-8-17-14(2)34-25-19(27)7-6-18(26)24(17)25/h4-7,10,12-13H,3,8-9,11H2,1-2H3,(H,31,32)(H,28,29,30). The van der Waals surface area contributed by atoms with E-state index in [0.717, 1.165) is 22.1 Å². The van der Waals surface area contributed by atoms with Crippen LogP contribution < -0.4 is 10.1 Å². The fraction of sp³-hybridized carbons (Fsp3) is 0.240. The molecule has 0 aliphatic heterocycles. The van der Waals surface area contributed by atoms with Gasteiger partial charge in [-0.15, -0.1) is 11.3 Å². The second-order valence-corrected chi connectivity index (χ2v) is 9.70. The third-order valence-electron chi connectivity index (χ3n) is 5.39. The van der Waals surface area contributed by atoms with E-state index >= 15 is 0 Å². The lowest BCUT2D eigenvalue weighted by molar-refractivity contribution is -0.136. The van der Waals surface area contributed by atoms with Crippen LogP contribution in [0.4, 0.5) is 5.82 Å². The molecule has 176 valence electrons. The molecule has 6 nitrogen and oxygen atoms in total. The normalized spacial score (nSPS) is 11.1. The Labute approximate surface area is 211 Å². The molecule has 2 N–H and O–H groups in total. The summed E-state index contributed by atoms with van der Waals surface area (Å²) in [6.07, 6.45) is 2.17. The number of nitrogens with zero attached hydrogens (tertiary/aromatic N) is 2. The average Bonchev–Trinajstić information content (AvgIpc) is 3.15. The number of fused-ring (bicyclic) bond motifs is 1. The Kier molecular flexibility index (Phi) is 7.56. The van der Waals surface area contributed by atoms with E-state index in [4.69, 9.17) is 33.0 Å². The largest absolute Gasteiger partial charge is 0.494 e. The monoisotopic (exact) mass is 515 g/mol. The summed E-state index contributed by atoms with van der Waals surface area (Å²) in [7, 11) is 0. The summed E-state index contributed by atoms with van der Waals surface area (Å²) >= 11 is 14.5. The number of hydrogen-bond donors (Lipinski definition) is 2. The minimum Gasteiger partial charge on any atom is -0.494 e. The molecule has 2 aromatic heterocycles. The van der Waals surface area contributed by atoms with Gasteiger partial charge in [0.15, 0.2) is 0 Å². The van der Waals surface area contributed by atoms with Gasteiger partial charge in [0.1, 0.15) is 17.9 Å². The molecule has 0 aliphatic rings. The third kappa shape index (κ3) is 5.27. The first kappa shape index (κ1) is 24.3. The Hall–Kier alpha value is -2.87. The van der Waals surface area contributed by atoms with Crippen LogP contribution >= 0.6 is 34.5 Å². The first-order valence-corrected chi connectivity index (χ1v) is 12.3. The third-order valence-corrected chi connectivity index (χ3v) is 7.32. The number of aromatic nitrogens is 2. The van der Waals surface area contributed by atoms with E-state index in [-0.39, 0.29) is 6.42 Å². The van der Waals surface area contributed by atoms with Gasteiger partial charge >= 0.3 is 5.97 Å². The smallest absolute Gasteiger partial charge is 0.307 e. The fourth-order valence-corrected chi connectivity index (χ4v) is 5.58. The van der Waals surface area contributed by atoms with E-state index < -0.39 is 5.97 Å². The van der Waals surface area contributed by atoms with Crippen LogP contribution in [0.2, 0.25) is 10.0 Å². The van der Waals surface area contributed by atoms with E-state index in [1.54, 1.807) is 17.4 Å². The lowest BCUT2D eigenvalue weighted by Crippen LogP contribution is -2.07. The number of halogens is 2. The van der Waals surface area contributed by atoms with Gasteiger partial charge < -0.3 is 15.2 Å². The molecular formula is C25H23Cl2N3O3S. The molecule has 9 heteroatoms. The predicted octanol–water partition coefficient (Wildman–Crippen LogP) is 6.65. The van der Waals surface area contributed by atoms with Crippen molar-refractivity contribution in [2.75, 3.05) is 18.5 Å². The highest BCUT2D eigenvalue weighted by Gasteiger charge is 2.15. The zero-order valence-electron chi connectivity index (χ0n) is 18.7. The summed E-state index contributed by atoms with van der Waals surface area (Å²) in [5.41, 5.74) is 3.35. The lowest BCUT2D eigenvalue weighted by atomic mass is 10.1. The number of carbonyl (C=O) groups is 1. The molecule has 0 fully saturated rings. The summed E-state index contributed by atoms with van der Waals surface area (Å²) in [4.78, 5) is 21.1. The Balaban J connectivity index is 1.51. The van der Waals surface area contributed by atoms with Crippen molar-refractivity contribution in [3.63, 3.8) is 0 Å². The Morgan fingerprint density at radius 1 is 1.15 bits per heavy atom. The van der Waals surface area contributed by atoms with Crippen molar-refractivity contribution in [1.29, 1.82) is 0 Å². The summed E-state index contributed by atoms with van der Waals surface area (Å²) in [5.74, 6) is 0.337. The molecular weight excluding hydrogens is 493 g/mol. The number of anilines is 1. The molecule has 4 rings (SSSR count). The molecule has 0 spiro atoms. The Morgan fingerprint density at radius 2 is 1.94 bits per heavy atom. The maximum atomic E-state index is 11.1.